The summed E-state index contributed by atoms with van der Waals surface area (Å²) in [7, 11) is 0. The second-order valence-corrected chi connectivity index (χ2v) is 5.04. The molecule has 0 amide bonds. The summed E-state index contributed by atoms with van der Waals surface area (Å²) in [4.78, 5) is 0. The van der Waals surface area contributed by atoms with Gasteiger partial charge in [0.1, 0.15) is 5.75 Å². The third-order valence-electron chi connectivity index (χ3n) is 2.85. The highest BCUT2D eigenvalue weighted by atomic mass is 79.9. The van der Waals surface area contributed by atoms with E-state index in [0.717, 1.165) is 24.1 Å². The molecule has 1 nitrogen and oxygen atoms in total. The SMILES string of the molecule is CCOc1ccccc1CCCCCCCBr. The minimum atomic E-state index is 0.752. The first-order valence-corrected chi connectivity index (χ1v) is 7.77. The summed E-state index contributed by atoms with van der Waals surface area (Å²) in [6.45, 7) is 2.79. The number of unbranched alkanes of at least 4 members (excludes halogenated alkanes) is 4. The van der Waals surface area contributed by atoms with Crippen LogP contribution >= 0.6 is 15.9 Å². The Morgan fingerprint density at radius 1 is 1.00 bits per heavy atom. The van der Waals surface area contributed by atoms with E-state index >= 15 is 0 Å². The first kappa shape index (κ1) is 14.6. The second-order valence-electron chi connectivity index (χ2n) is 4.25. The van der Waals surface area contributed by atoms with Gasteiger partial charge in [-0.1, -0.05) is 53.4 Å². The zero-order chi connectivity index (χ0) is 12.3. The van der Waals surface area contributed by atoms with E-state index < -0.39 is 0 Å². The highest BCUT2D eigenvalue weighted by Crippen LogP contribution is 2.20. The first-order chi connectivity index (χ1) is 8.38. The van der Waals surface area contributed by atoms with E-state index in [2.05, 4.69) is 34.1 Å². The van der Waals surface area contributed by atoms with Crippen LogP contribution in [0.5, 0.6) is 5.75 Å². The molecular weight excluding hydrogens is 276 g/mol. The molecule has 0 atom stereocenters. The van der Waals surface area contributed by atoms with Crippen LogP contribution in [0, 0.1) is 0 Å². The predicted molar refractivity (Wildman–Crippen MR) is 78.2 cm³/mol. The Labute approximate surface area is 114 Å². The number of rotatable bonds is 9. The number of aryl methyl sites for hydroxylation is 1. The molecule has 0 unspecified atom stereocenters. The average molecular weight is 299 g/mol. The minimum absolute atomic E-state index is 0.752. The molecule has 1 rings (SSSR count). The highest BCUT2D eigenvalue weighted by Gasteiger charge is 2.01. The van der Waals surface area contributed by atoms with Crippen LogP contribution in [-0.4, -0.2) is 11.9 Å². The fraction of sp³-hybridized carbons (Fsp3) is 0.600. The molecule has 0 bridgehead atoms. The third-order valence-corrected chi connectivity index (χ3v) is 3.41. The molecule has 1 aromatic carbocycles. The number of para-hydroxylation sites is 1. The average Bonchev–Trinajstić information content (AvgIpc) is 2.36. The van der Waals surface area contributed by atoms with Gasteiger partial charge < -0.3 is 4.74 Å². The maximum absolute atomic E-state index is 5.63. The molecule has 17 heavy (non-hydrogen) atoms. The lowest BCUT2D eigenvalue weighted by molar-refractivity contribution is 0.336. The van der Waals surface area contributed by atoms with Crippen molar-refractivity contribution in [2.24, 2.45) is 0 Å². The largest absolute Gasteiger partial charge is 0.494 e. The lowest BCUT2D eigenvalue weighted by Gasteiger charge is -2.09. The zero-order valence-electron chi connectivity index (χ0n) is 10.8. The van der Waals surface area contributed by atoms with Crippen molar-refractivity contribution >= 4 is 15.9 Å². The predicted octanol–water partition coefficient (Wildman–Crippen LogP) is 4.97. The maximum atomic E-state index is 5.63. The van der Waals surface area contributed by atoms with Gasteiger partial charge in [0.2, 0.25) is 0 Å². The molecule has 0 saturated heterocycles. The maximum Gasteiger partial charge on any atom is 0.122 e. The molecule has 0 aliphatic heterocycles. The van der Waals surface area contributed by atoms with E-state index in [1.165, 1.54) is 37.7 Å². The van der Waals surface area contributed by atoms with E-state index in [9.17, 15) is 0 Å². The van der Waals surface area contributed by atoms with Crippen molar-refractivity contribution in [3.8, 4) is 5.75 Å². The summed E-state index contributed by atoms with van der Waals surface area (Å²) in [6.07, 6.45) is 7.74. The van der Waals surface area contributed by atoms with Crippen LogP contribution in [0.2, 0.25) is 0 Å². The molecule has 1 aromatic rings. The van der Waals surface area contributed by atoms with Crippen LogP contribution in [-0.2, 0) is 6.42 Å². The summed E-state index contributed by atoms with van der Waals surface area (Å²) >= 11 is 3.47. The number of halogens is 1. The Balaban J connectivity index is 2.25. The molecule has 96 valence electrons. The summed E-state index contributed by atoms with van der Waals surface area (Å²) in [5, 5.41) is 1.14. The monoisotopic (exact) mass is 298 g/mol. The van der Waals surface area contributed by atoms with Crippen molar-refractivity contribution in [3.63, 3.8) is 0 Å². The number of alkyl halides is 1. The summed E-state index contributed by atoms with van der Waals surface area (Å²) in [5.41, 5.74) is 1.36. The quantitative estimate of drug-likeness (QED) is 0.462. The van der Waals surface area contributed by atoms with Gasteiger partial charge in [-0.2, -0.15) is 0 Å². The van der Waals surface area contributed by atoms with E-state index in [1.54, 1.807) is 0 Å². The van der Waals surface area contributed by atoms with Crippen LogP contribution in [0.1, 0.15) is 44.6 Å². The van der Waals surface area contributed by atoms with Gasteiger partial charge in [-0.15, -0.1) is 0 Å². The Morgan fingerprint density at radius 2 is 1.71 bits per heavy atom. The number of benzene rings is 1. The standard InChI is InChI=1S/C15H23BrO/c1-2-17-15-12-8-7-11-14(15)10-6-4-3-5-9-13-16/h7-8,11-12H,2-6,9-10,13H2,1H3. The molecule has 0 radical (unpaired) electrons. The van der Waals surface area contributed by atoms with Gasteiger partial charge in [-0.25, -0.2) is 0 Å². The number of hydrogen-bond donors (Lipinski definition) is 0. The van der Waals surface area contributed by atoms with Crippen LogP contribution in [0.3, 0.4) is 0 Å². The molecule has 0 spiro atoms. The minimum Gasteiger partial charge on any atom is -0.494 e. The van der Waals surface area contributed by atoms with Crippen molar-refractivity contribution in [2.75, 3.05) is 11.9 Å². The molecule has 2 heteroatoms. The van der Waals surface area contributed by atoms with Crippen molar-refractivity contribution < 1.29 is 4.74 Å². The lowest BCUT2D eigenvalue weighted by Crippen LogP contribution is -1.96. The van der Waals surface area contributed by atoms with E-state index in [4.69, 9.17) is 4.74 Å². The highest BCUT2D eigenvalue weighted by molar-refractivity contribution is 9.09. The number of hydrogen-bond acceptors (Lipinski definition) is 1. The van der Waals surface area contributed by atoms with E-state index in [1.807, 2.05) is 13.0 Å². The van der Waals surface area contributed by atoms with Crippen molar-refractivity contribution in [1.82, 2.24) is 0 Å². The van der Waals surface area contributed by atoms with Crippen molar-refractivity contribution in [3.05, 3.63) is 29.8 Å². The van der Waals surface area contributed by atoms with Gasteiger partial charge in [-0.3, -0.25) is 0 Å². The Bertz CT molecular complexity index is 299. The van der Waals surface area contributed by atoms with E-state index in [-0.39, 0.29) is 0 Å². The molecule has 0 aliphatic rings. The van der Waals surface area contributed by atoms with Crippen LogP contribution in [0.4, 0.5) is 0 Å². The van der Waals surface area contributed by atoms with Crippen molar-refractivity contribution in [1.29, 1.82) is 0 Å². The normalized spacial score (nSPS) is 10.5. The van der Waals surface area contributed by atoms with Gasteiger partial charge in [0.25, 0.3) is 0 Å². The number of ether oxygens (including phenoxy) is 1. The molecule has 0 heterocycles. The van der Waals surface area contributed by atoms with Gasteiger partial charge in [0.15, 0.2) is 0 Å². The molecule has 0 fully saturated rings. The van der Waals surface area contributed by atoms with Gasteiger partial charge >= 0.3 is 0 Å². The Kier molecular flexibility index (Phi) is 8.16. The van der Waals surface area contributed by atoms with Gasteiger partial charge in [0.05, 0.1) is 6.61 Å². The fourth-order valence-corrected chi connectivity index (χ4v) is 2.34. The summed E-state index contributed by atoms with van der Waals surface area (Å²) in [5.74, 6) is 1.07. The summed E-state index contributed by atoms with van der Waals surface area (Å²) < 4.78 is 5.63. The Hall–Kier alpha value is -0.500. The van der Waals surface area contributed by atoms with Crippen LogP contribution in [0.15, 0.2) is 24.3 Å². The van der Waals surface area contributed by atoms with Gasteiger partial charge in [-0.05, 0) is 37.8 Å². The molecular formula is C15H23BrO. The zero-order valence-corrected chi connectivity index (χ0v) is 12.3. The molecule has 0 aromatic heterocycles. The fourth-order valence-electron chi connectivity index (χ4n) is 1.95. The van der Waals surface area contributed by atoms with Crippen molar-refractivity contribution in [2.45, 2.75) is 45.4 Å². The molecule has 0 aliphatic carbocycles. The van der Waals surface area contributed by atoms with Crippen LogP contribution in [0.25, 0.3) is 0 Å². The Morgan fingerprint density at radius 3 is 2.47 bits per heavy atom. The van der Waals surface area contributed by atoms with Gasteiger partial charge in [0, 0.05) is 5.33 Å². The molecule has 0 saturated carbocycles. The van der Waals surface area contributed by atoms with Crippen LogP contribution < -0.4 is 4.74 Å². The first-order valence-electron chi connectivity index (χ1n) is 6.65. The third kappa shape index (κ3) is 6.11. The topological polar surface area (TPSA) is 9.23 Å². The van der Waals surface area contributed by atoms with E-state index in [0.29, 0.717) is 0 Å². The smallest absolute Gasteiger partial charge is 0.122 e. The summed E-state index contributed by atoms with van der Waals surface area (Å²) in [6, 6.07) is 8.40. The molecule has 0 N–H and O–H groups in total. The lowest BCUT2D eigenvalue weighted by atomic mass is 10.0. The second kappa shape index (κ2) is 9.52.